The van der Waals surface area contributed by atoms with Crippen molar-refractivity contribution in [3.63, 3.8) is 0 Å². The number of rotatable bonds is 3. The Morgan fingerprint density at radius 2 is 2.13 bits per heavy atom. The fraction of sp³-hybridized carbons (Fsp3) is 0.167. The highest BCUT2D eigenvalue weighted by Gasteiger charge is 2.15. The van der Waals surface area contributed by atoms with Crippen LogP contribution in [0, 0.1) is 6.57 Å². The van der Waals surface area contributed by atoms with Crippen LogP contribution in [-0.4, -0.2) is 9.55 Å². The SMILES string of the molecule is [C-]#[N+]C(Cn1ccnc1)c1ccccc1. The number of imidazole rings is 1. The first-order valence-corrected chi connectivity index (χ1v) is 4.77. The van der Waals surface area contributed by atoms with Crippen molar-refractivity contribution in [2.75, 3.05) is 0 Å². The summed E-state index contributed by atoms with van der Waals surface area (Å²) in [7, 11) is 0. The van der Waals surface area contributed by atoms with E-state index in [-0.39, 0.29) is 6.04 Å². The standard InChI is InChI=1S/C12H11N3/c1-13-12(9-15-8-7-14-10-15)11-5-3-2-4-6-11/h2-8,10,12H,9H2. The van der Waals surface area contributed by atoms with Gasteiger partial charge in [-0.1, -0.05) is 30.3 Å². The number of hydrogen-bond acceptors (Lipinski definition) is 1. The van der Waals surface area contributed by atoms with Gasteiger partial charge in [0.25, 0.3) is 6.04 Å². The molecule has 0 N–H and O–H groups in total. The maximum atomic E-state index is 7.19. The van der Waals surface area contributed by atoms with Crippen LogP contribution in [-0.2, 0) is 6.54 Å². The average molecular weight is 197 g/mol. The molecule has 1 aromatic heterocycles. The molecule has 74 valence electrons. The Hall–Kier alpha value is -2.08. The van der Waals surface area contributed by atoms with Gasteiger partial charge < -0.3 is 9.41 Å². The summed E-state index contributed by atoms with van der Waals surface area (Å²) in [6.45, 7) is 7.85. The Labute approximate surface area is 88.8 Å². The lowest BCUT2D eigenvalue weighted by molar-refractivity contribution is 0.634. The van der Waals surface area contributed by atoms with Crippen molar-refractivity contribution in [1.82, 2.24) is 9.55 Å². The van der Waals surface area contributed by atoms with Crippen molar-refractivity contribution in [2.45, 2.75) is 12.6 Å². The average Bonchev–Trinajstić information content (AvgIpc) is 2.80. The summed E-state index contributed by atoms with van der Waals surface area (Å²) in [6.07, 6.45) is 5.34. The summed E-state index contributed by atoms with van der Waals surface area (Å²) in [5.41, 5.74) is 1.06. The molecular weight excluding hydrogens is 186 g/mol. The Kier molecular flexibility index (Phi) is 2.80. The summed E-state index contributed by atoms with van der Waals surface area (Å²) in [5, 5.41) is 0. The molecule has 0 aliphatic rings. The molecule has 2 aromatic rings. The monoisotopic (exact) mass is 197 g/mol. The van der Waals surface area contributed by atoms with E-state index >= 15 is 0 Å². The molecule has 1 heterocycles. The molecule has 0 aliphatic heterocycles. The van der Waals surface area contributed by atoms with Gasteiger partial charge in [0.15, 0.2) is 0 Å². The molecule has 1 atom stereocenters. The van der Waals surface area contributed by atoms with Crippen LogP contribution in [0.1, 0.15) is 11.6 Å². The smallest absolute Gasteiger partial charge is 0.266 e. The second-order valence-electron chi connectivity index (χ2n) is 3.32. The van der Waals surface area contributed by atoms with Gasteiger partial charge in [-0.25, -0.2) is 11.6 Å². The first-order valence-electron chi connectivity index (χ1n) is 4.77. The minimum atomic E-state index is -0.125. The third kappa shape index (κ3) is 2.23. The molecule has 0 saturated heterocycles. The van der Waals surface area contributed by atoms with Gasteiger partial charge in [0, 0.05) is 18.0 Å². The molecule has 2 rings (SSSR count). The van der Waals surface area contributed by atoms with Crippen molar-refractivity contribution >= 4 is 0 Å². The summed E-state index contributed by atoms with van der Waals surface area (Å²) in [4.78, 5) is 7.60. The molecule has 0 spiro atoms. The lowest BCUT2D eigenvalue weighted by Gasteiger charge is -2.05. The highest BCUT2D eigenvalue weighted by molar-refractivity contribution is 5.21. The molecule has 0 saturated carbocycles. The summed E-state index contributed by atoms with van der Waals surface area (Å²) < 4.78 is 1.93. The van der Waals surface area contributed by atoms with Crippen LogP contribution in [0.3, 0.4) is 0 Å². The van der Waals surface area contributed by atoms with E-state index in [9.17, 15) is 0 Å². The fourth-order valence-electron chi connectivity index (χ4n) is 1.49. The van der Waals surface area contributed by atoms with Gasteiger partial charge in [-0.05, 0) is 0 Å². The van der Waals surface area contributed by atoms with Gasteiger partial charge in [0.2, 0.25) is 0 Å². The topological polar surface area (TPSA) is 22.2 Å². The normalized spacial score (nSPS) is 11.9. The van der Waals surface area contributed by atoms with Crippen LogP contribution >= 0.6 is 0 Å². The largest absolute Gasteiger partial charge is 0.329 e. The predicted octanol–water partition coefficient (Wildman–Crippen LogP) is 2.54. The van der Waals surface area contributed by atoms with Crippen LogP contribution < -0.4 is 0 Å². The molecule has 0 bridgehead atoms. The van der Waals surface area contributed by atoms with Crippen LogP contribution in [0.2, 0.25) is 0 Å². The minimum Gasteiger partial charge on any atom is -0.329 e. The van der Waals surface area contributed by atoms with E-state index < -0.39 is 0 Å². The zero-order valence-corrected chi connectivity index (χ0v) is 8.24. The van der Waals surface area contributed by atoms with E-state index in [4.69, 9.17) is 6.57 Å². The second-order valence-corrected chi connectivity index (χ2v) is 3.32. The molecular formula is C12H11N3. The molecule has 3 heteroatoms. The fourth-order valence-corrected chi connectivity index (χ4v) is 1.49. The zero-order valence-electron chi connectivity index (χ0n) is 8.24. The van der Waals surface area contributed by atoms with Gasteiger partial charge in [-0.2, -0.15) is 0 Å². The van der Waals surface area contributed by atoms with E-state index in [0.717, 1.165) is 5.56 Å². The number of nitrogens with zero attached hydrogens (tertiary/aromatic N) is 3. The van der Waals surface area contributed by atoms with E-state index in [2.05, 4.69) is 9.83 Å². The summed E-state index contributed by atoms with van der Waals surface area (Å²) in [5.74, 6) is 0. The second kappa shape index (κ2) is 4.43. The van der Waals surface area contributed by atoms with Gasteiger partial charge in [0.05, 0.1) is 6.33 Å². The Balaban J connectivity index is 2.16. The van der Waals surface area contributed by atoms with Gasteiger partial charge in [0.1, 0.15) is 6.54 Å². The minimum absolute atomic E-state index is 0.125. The van der Waals surface area contributed by atoms with E-state index in [1.54, 1.807) is 12.5 Å². The Morgan fingerprint density at radius 3 is 2.73 bits per heavy atom. The molecule has 1 unspecified atom stereocenters. The highest BCUT2D eigenvalue weighted by atomic mass is 15.0. The van der Waals surface area contributed by atoms with Crippen molar-refractivity contribution in [2.24, 2.45) is 0 Å². The maximum absolute atomic E-state index is 7.19. The van der Waals surface area contributed by atoms with E-state index in [1.165, 1.54) is 0 Å². The third-order valence-corrected chi connectivity index (χ3v) is 2.28. The molecule has 0 aliphatic carbocycles. The summed E-state index contributed by atoms with van der Waals surface area (Å²) in [6, 6.07) is 9.73. The van der Waals surface area contributed by atoms with E-state index in [1.807, 2.05) is 41.1 Å². The first kappa shape index (κ1) is 9.47. The molecule has 15 heavy (non-hydrogen) atoms. The maximum Gasteiger partial charge on any atom is 0.266 e. The summed E-state index contributed by atoms with van der Waals surface area (Å²) >= 11 is 0. The van der Waals surface area contributed by atoms with Gasteiger partial charge in [-0.15, -0.1) is 0 Å². The van der Waals surface area contributed by atoms with Crippen LogP contribution in [0.4, 0.5) is 0 Å². The van der Waals surface area contributed by atoms with Gasteiger partial charge in [-0.3, -0.25) is 0 Å². The molecule has 3 nitrogen and oxygen atoms in total. The third-order valence-electron chi connectivity index (χ3n) is 2.28. The molecule has 0 radical (unpaired) electrons. The quantitative estimate of drug-likeness (QED) is 0.693. The molecule has 0 fully saturated rings. The van der Waals surface area contributed by atoms with Crippen molar-refractivity contribution < 1.29 is 0 Å². The lowest BCUT2D eigenvalue weighted by atomic mass is 10.1. The Bertz CT molecular complexity index is 439. The van der Waals surface area contributed by atoms with Crippen LogP contribution in [0.25, 0.3) is 4.85 Å². The highest BCUT2D eigenvalue weighted by Crippen LogP contribution is 2.18. The van der Waals surface area contributed by atoms with Crippen molar-refractivity contribution in [3.05, 3.63) is 66.0 Å². The Morgan fingerprint density at radius 1 is 1.33 bits per heavy atom. The van der Waals surface area contributed by atoms with Crippen molar-refractivity contribution in [1.29, 1.82) is 0 Å². The van der Waals surface area contributed by atoms with Crippen LogP contribution in [0.15, 0.2) is 49.1 Å². The van der Waals surface area contributed by atoms with Crippen molar-refractivity contribution in [3.8, 4) is 0 Å². The molecule has 1 aromatic carbocycles. The lowest BCUT2D eigenvalue weighted by Crippen LogP contribution is -2.03. The van der Waals surface area contributed by atoms with E-state index in [0.29, 0.717) is 6.54 Å². The number of benzene rings is 1. The number of aromatic nitrogens is 2. The molecule has 0 amide bonds. The number of hydrogen-bond donors (Lipinski definition) is 0. The zero-order chi connectivity index (χ0) is 10.5. The van der Waals surface area contributed by atoms with Gasteiger partial charge >= 0.3 is 0 Å². The first-order chi connectivity index (χ1) is 7.40. The van der Waals surface area contributed by atoms with Crippen LogP contribution in [0.5, 0.6) is 0 Å². The predicted molar refractivity (Wildman–Crippen MR) is 58.0 cm³/mol.